The van der Waals surface area contributed by atoms with E-state index in [4.69, 9.17) is 0 Å². The van der Waals surface area contributed by atoms with Crippen LogP contribution in [0, 0.1) is 29.1 Å². The van der Waals surface area contributed by atoms with E-state index in [0.29, 0.717) is 30.8 Å². The van der Waals surface area contributed by atoms with Crippen molar-refractivity contribution in [1.29, 1.82) is 0 Å². The molecule has 1 fully saturated rings. The summed E-state index contributed by atoms with van der Waals surface area (Å²) in [5.74, 6) is -0.0713. The summed E-state index contributed by atoms with van der Waals surface area (Å²) in [5, 5.41) is 12.0. The fourth-order valence-electron chi connectivity index (χ4n) is 8.48. The van der Waals surface area contributed by atoms with Crippen LogP contribution in [0.1, 0.15) is 108 Å². The standard InChI is InChI=1S/C34H42O4/c1-18(2)24-14-23(13-22-11-9-10-12-22)20(4)27-25(24)16-32(6)17-33(7)15-19(3)26(21(5)35)30(37)34(33,8)31(38)28(32)29(27)36/h9-10,14,18,22,36H,11-13,15-17H2,1-8H3/t32-,33+,34-/m1/s1. The van der Waals surface area contributed by atoms with Crippen LogP contribution in [0.25, 0.3) is 5.76 Å². The average Bonchev–Trinajstić information content (AvgIpc) is 3.30. The molecule has 0 radical (unpaired) electrons. The summed E-state index contributed by atoms with van der Waals surface area (Å²) in [5.41, 5.74) is 4.20. The topological polar surface area (TPSA) is 71.4 Å². The molecular formula is C34H42O4. The first-order valence-corrected chi connectivity index (χ1v) is 14.2. The van der Waals surface area contributed by atoms with E-state index in [1.54, 1.807) is 6.92 Å². The van der Waals surface area contributed by atoms with Crippen LogP contribution >= 0.6 is 0 Å². The minimum atomic E-state index is -1.38. The number of fused-ring (bicyclic) bond motifs is 3. The summed E-state index contributed by atoms with van der Waals surface area (Å²) in [7, 11) is 0. The van der Waals surface area contributed by atoms with Gasteiger partial charge in [-0.25, -0.2) is 0 Å². The van der Waals surface area contributed by atoms with Crippen molar-refractivity contribution < 1.29 is 19.5 Å². The number of aliphatic hydroxyl groups excluding tert-OH is 1. The maximum absolute atomic E-state index is 14.5. The van der Waals surface area contributed by atoms with E-state index < -0.39 is 16.2 Å². The molecule has 5 rings (SSSR count). The molecule has 4 aliphatic carbocycles. The first-order valence-electron chi connectivity index (χ1n) is 14.2. The minimum Gasteiger partial charge on any atom is -0.507 e. The highest BCUT2D eigenvalue weighted by Gasteiger charge is 2.67. The van der Waals surface area contributed by atoms with Crippen molar-refractivity contribution in [3.8, 4) is 0 Å². The number of allylic oxidation sites excluding steroid dienone is 5. The zero-order chi connectivity index (χ0) is 27.9. The van der Waals surface area contributed by atoms with Gasteiger partial charge in [0, 0.05) is 16.6 Å². The van der Waals surface area contributed by atoms with Crippen molar-refractivity contribution in [2.45, 2.75) is 99.8 Å². The first-order chi connectivity index (χ1) is 17.7. The third-order valence-electron chi connectivity index (χ3n) is 10.5. The molecule has 0 amide bonds. The van der Waals surface area contributed by atoms with Gasteiger partial charge in [0.15, 0.2) is 17.3 Å². The van der Waals surface area contributed by atoms with Gasteiger partial charge in [-0.05, 0) is 106 Å². The van der Waals surface area contributed by atoms with Crippen LogP contribution in [-0.2, 0) is 27.2 Å². The Morgan fingerprint density at radius 3 is 2.26 bits per heavy atom. The number of hydrogen-bond donors (Lipinski definition) is 1. The number of ketones is 3. The van der Waals surface area contributed by atoms with Crippen LogP contribution in [0.5, 0.6) is 0 Å². The van der Waals surface area contributed by atoms with E-state index in [1.807, 2.05) is 13.8 Å². The molecule has 0 aromatic heterocycles. The molecular weight excluding hydrogens is 472 g/mol. The Morgan fingerprint density at radius 2 is 1.68 bits per heavy atom. The van der Waals surface area contributed by atoms with Crippen molar-refractivity contribution >= 4 is 23.1 Å². The van der Waals surface area contributed by atoms with Gasteiger partial charge in [-0.15, -0.1) is 0 Å². The van der Waals surface area contributed by atoms with Gasteiger partial charge < -0.3 is 5.11 Å². The second-order valence-corrected chi connectivity index (χ2v) is 13.6. The summed E-state index contributed by atoms with van der Waals surface area (Å²) >= 11 is 0. The molecule has 4 heteroatoms. The first kappa shape index (κ1) is 26.8. The van der Waals surface area contributed by atoms with Gasteiger partial charge in [-0.2, -0.15) is 0 Å². The SMILES string of the molecule is CC(=O)C1=C(C)C[C@@]2(C)C[C@@]3(C)Cc4c(C(C)C)cc(CC5CC=CC5)c(C)c4C(O)=C3C(=O)[C@@]2(C)C1=O. The highest BCUT2D eigenvalue weighted by molar-refractivity contribution is 6.31. The van der Waals surface area contributed by atoms with E-state index in [-0.39, 0.29) is 34.6 Å². The van der Waals surface area contributed by atoms with Crippen LogP contribution in [-0.4, -0.2) is 22.5 Å². The smallest absolute Gasteiger partial charge is 0.180 e. The molecule has 0 unspecified atom stereocenters. The molecule has 1 saturated carbocycles. The van der Waals surface area contributed by atoms with E-state index in [2.05, 4.69) is 45.9 Å². The number of carbonyl (C=O) groups excluding carboxylic acids is 3. The molecule has 4 aliphatic rings. The molecule has 1 N–H and O–H groups in total. The predicted octanol–water partition coefficient (Wildman–Crippen LogP) is 7.32. The Morgan fingerprint density at radius 1 is 1.05 bits per heavy atom. The van der Waals surface area contributed by atoms with Crippen LogP contribution in [0.15, 0.2) is 34.9 Å². The molecule has 0 aliphatic heterocycles. The number of rotatable bonds is 4. The zero-order valence-electron chi connectivity index (χ0n) is 24.3. The quantitative estimate of drug-likeness (QED) is 0.260. The maximum Gasteiger partial charge on any atom is 0.180 e. The summed E-state index contributed by atoms with van der Waals surface area (Å²) in [6, 6.07) is 2.35. The predicted molar refractivity (Wildman–Crippen MR) is 151 cm³/mol. The lowest BCUT2D eigenvalue weighted by molar-refractivity contribution is -0.152. The van der Waals surface area contributed by atoms with Crippen molar-refractivity contribution in [2.24, 2.45) is 22.2 Å². The third kappa shape index (κ3) is 3.51. The van der Waals surface area contributed by atoms with Crippen LogP contribution in [0.4, 0.5) is 0 Å². The highest BCUT2D eigenvalue weighted by Crippen LogP contribution is 2.65. The average molecular weight is 515 g/mol. The van der Waals surface area contributed by atoms with Crippen molar-refractivity contribution in [2.75, 3.05) is 0 Å². The second-order valence-electron chi connectivity index (χ2n) is 13.6. The summed E-state index contributed by atoms with van der Waals surface area (Å²) < 4.78 is 0. The van der Waals surface area contributed by atoms with Crippen molar-refractivity contribution in [3.63, 3.8) is 0 Å². The molecule has 202 valence electrons. The molecule has 0 bridgehead atoms. The van der Waals surface area contributed by atoms with Gasteiger partial charge >= 0.3 is 0 Å². The van der Waals surface area contributed by atoms with E-state index in [0.717, 1.165) is 41.5 Å². The fourth-order valence-corrected chi connectivity index (χ4v) is 8.48. The van der Waals surface area contributed by atoms with E-state index in [9.17, 15) is 19.5 Å². The summed E-state index contributed by atoms with van der Waals surface area (Å²) in [6.45, 7) is 15.6. The Bertz CT molecular complexity index is 1380. The number of benzene rings is 1. The number of carbonyl (C=O) groups is 3. The Hall–Kier alpha value is -2.75. The van der Waals surface area contributed by atoms with Crippen LogP contribution < -0.4 is 0 Å². The molecule has 38 heavy (non-hydrogen) atoms. The van der Waals surface area contributed by atoms with Gasteiger partial charge in [0.1, 0.15) is 5.76 Å². The Kier molecular flexibility index (Phi) is 6.09. The Balaban J connectivity index is 1.73. The molecule has 0 heterocycles. The Labute approximate surface area is 227 Å². The molecule has 0 saturated heterocycles. The van der Waals surface area contributed by atoms with Gasteiger partial charge in [0.05, 0.1) is 11.0 Å². The molecule has 0 spiro atoms. The maximum atomic E-state index is 14.5. The van der Waals surface area contributed by atoms with Gasteiger partial charge in [0.25, 0.3) is 0 Å². The van der Waals surface area contributed by atoms with Gasteiger partial charge in [-0.1, -0.05) is 51.5 Å². The zero-order valence-corrected chi connectivity index (χ0v) is 24.3. The normalized spacial score (nSPS) is 31.2. The lowest BCUT2D eigenvalue weighted by Crippen LogP contribution is -2.61. The van der Waals surface area contributed by atoms with E-state index >= 15 is 0 Å². The fraction of sp³-hybridized carbons (Fsp3) is 0.559. The van der Waals surface area contributed by atoms with Crippen LogP contribution in [0.3, 0.4) is 0 Å². The molecule has 4 nitrogen and oxygen atoms in total. The number of hydrogen-bond acceptors (Lipinski definition) is 4. The molecule has 1 aromatic carbocycles. The third-order valence-corrected chi connectivity index (χ3v) is 10.5. The highest BCUT2D eigenvalue weighted by atomic mass is 16.3. The largest absolute Gasteiger partial charge is 0.507 e. The van der Waals surface area contributed by atoms with Gasteiger partial charge in [0.2, 0.25) is 0 Å². The lowest BCUT2D eigenvalue weighted by atomic mass is 9.42. The van der Waals surface area contributed by atoms with Crippen molar-refractivity contribution in [1.82, 2.24) is 0 Å². The van der Waals surface area contributed by atoms with Gasteiger partial charge in [-0.3, -0.25) is 14.4 Å². The monoisotopic (exact) mass is 514 g/mol. The van der Waals surface area contributed by atoms with Crippen LogP contribution in [0.2, 0.25) is 0 Å². The second kappa shape index (κ2) is 8.63. The minimum absolute atomic E-state index is 0.0521. The summed E-state index contributed by atoms with van der Waals surface area (Å²) in [6.07, 6.45) is 9.37. The summed E-state index contributed by atoms with van der Waals surface area (Å²) in [4.78, 5) is 41.0. The lowest BCUT2D eigenvalue weighted by Gasteiger charge is -2.58. The molecule has 1 aromatic rings. The molecule has 3 atom stereocenters. The number of aliphatic hydroxyl groups is 1. The number of Topliss-reactive ketones (excluding diaryl/α,β-unsaturated/α-hetero) is 3. The van der Waals surface area contributed by atoms with Crippen molar-refractivity contribution in [3.05, 3.63) is 62.8 Å². The van der Waals surface area contributed by atoms with E-state index in [1.165, 1.54) is 18.1 Å².